The van der Waals surface area contributed by atoms with Crippen molar-refractivity contribution in [2.45, 2.75) is 32.8 Å². The normalized spacial score (nSPS) is 18.6. The van der Waals surface area contributed by atoms with Crippen molar-refractivity contribution in [2.24, 2.45) is 5.41 Å². The molecule has 0 saturated carbocycles. The summed E-state index contributed by atoms with van der Waals surface area (Å²) in [6.07, 6.45) is 0.558. The van der Waals surface area contributed by atoms with Gasteiger partial charge in [-0.25, -0.2) is 4.39 Å². The molecule has 1 heterocycles. The van der Waals surface area contributed by atoms with E-state index < -0.39 is 11.4 Å². The van der Waals surface area contributed by atoms with Gasteiger partial charge >= 0.3 is 5.97 Å². The van der Waals surface area contributed by atoms with Gasteiger partial charge in [0, 0.05) is 18.4 Å². The second-order valence-electron chi connectivity index (χ2n) is 5.05. The molecule has 0 aromatic heterocycles. The molecule has 3 nitrogen and oxygen atoms in total. The molecule has 0 amide bonds. The highest BCUT2D eigenvalue weighted by Crippen LogP contribution is 2.35. The van der Waals surface area contributed by atoms with Crippen LogP contribution in [0.5, 0.6) is 5.75 Å². The highest BCUT2D eigenvalue weighted by atomic mass is 19.1. The maximum Gasteiger partial charge on any atom is 0.309 e. The molecule has 1 aromatic carbocycles. The number of halogens is 1. The van der Waals surface area contributed by atoms with E-state index in [1.807, 2.05) is 0 Å². The summed E-state index contributed by atoms with van der Waals surface area (Å²) in [6.45, 7) is 3.30. The maximum absolute atomic E-state index is 13.5. The summed E-state index contributed by atoms with van der Waals surface area (Å²) >= 11 is 0. The Morgan fingerprint density at radius 1 is 1.59 bits per heavy atom. The van der Waals surface area contributed by atoms with Crippen LogP contribution >= 0.6 is 0 Å². The van der Waals surface area contributed by atoms with Gasteiger partial charge in [0.1, 0.15) is 17.7 Å². The Kier molecular flexibility index (Phi) is 2.81. The highest BCUT2D eigenvalue weighted by molar-refractivity contribution is 5.73. The van der Waals surface area contributed by atoms with Crippen LogP contribution in [0.3, 0.4) is 0 Å². The molecule has 1 aliphatic heterocycles. The highest BCUT2D eigenvalue weighted by Gasteiger charge is 2.35. The lowest BCUT2D eigenvalue weighted by Crippen LogP contribution is -2.30. The van der Waals surface area contributed by atoms with Crippen LogP contribution in [-0.2, 0) is 11.2 Å². The van der Waals surface area contributed by atoms with Crippen molar-refractivity contribution in [3.8, 4) is 5.75 Å². The Morgan fingerprint density at radius 2 is 2.29 bits per heavy atom. The van der Waals surface area contributed by atoms with Gasteiger partial charge in [0.25, 0.3) is 0 Å². The Hall–Kier alpha value is -1.58. The minimum atomic E-state index is -0.863. The van der Waals surface area contributed by atoms with Gasteiger partial charge in [0.15, 0.2) is 0 Å². The number of aliphatic carboxylic acids is 1. The largest absolute Gasteiger partial charge is 0.490 e. The third-order valence-corrected chi connectivity index (χ3v) is 3.12. The Morgan fingerprint density at radius 3 is 2.88 bits per heavy atom. The number of hydrogen-bond donors (Lipinski definition) is 1. The van der Waals surface area contributed by atoms with Gasteiger partial charge in [-0.1, -0.05) is 6.07 Å². The smallest absolute Gasteiger partial charge is 0.309 e. The molecule has 17 heavy (non-hydrogen) atoms. The number of rotatable bonds is 3. The molecule has 4 heteroatoms. The van der Waals surface area contributed by atoms with Crippen molar-refractivity contribution < 1.29 is 19.0 Å². The van der Waals surface area contributed by atoms with Crippen molar-refractivity contribution in [3.05, 3.63) is 29.6 Å². The van der Waals surface area contributed by atoms with Crippen molar-refractivity contribution in [1.29, 1.82) is 0 Å². The second-order valence-corrected chi connectivity index (χ2v) is 5.05. The molecule has 1 aliphatic rings. The van der Waals surface area contributed by atoms with Crippen molar-refractivity contribution in [2.75, 3.05) is 0 Å². The number of fused-ring (bicyclic) bond motifs is 1. The van der Waals surface area contributed by atoms with Crippen molar-refractivity contribution in [1.82, 2.24) is 0 Å². The van der Waals surface area contributed by atoms with E-state index in [9.17, 15) is 9.18 Å². The van der Waals surface area contributed by atoms with E-state index in [0.29, 0.717) is 24.2 Å². The van der Waals surface area contributed by atoms with Gasteiger partial charge in [-0.15, -0.1) is 0 Å². The molecule has 0 bridgehead atoms. The average molecular weight is 238 g/mol. The lowest BCUT2D eigenvalue weighted by atomic mass is 9.86. The SMILES string of the molecule is CC(C)(CC1Cc2c(F)cccc2O1)C(=O)O. The zero-order chi connectivity index (χ0) is 12.6. The van der Waals surface area contributed by atoms with Crippen LogP contribution in [0.1, 0.15) is 25.8 Å². The number of carbonyl (C=O) groups is 1. The lowest BCUT2D eigenvalue weighted by Gasteiger charge is -2.22. The summed E-state index contributed by atoms with van der Waals surface area (Å²) in [7, 11) is 0. The van der Waals surface area contributed by atoms with Gasteiger partial charge in [-0.3, -0.25) is 4.79 Å². The minimum absolute atomic E-state index is 0.256. The third-order valence-electron chi connectivity index (χ3n) is 3.12. The molecule has 0 aliphatic carbocycles. The molecule has 0 spiro atoms. The van der Waals surface area contributed by atoms with E-state index in [2.05, 4.69) is 0 Å². The van der Waals surface area contributed by atoms with Crippen molar-refractivity contribution in [3.63, 3.8) is 0 Å². The fraction of sp³-hybridized carbons (Fsp3) is 0.462. The summed E-state index contributed by atoms with van der Waals surface area (Å²) in [5, 5.41) is 9.04. The van der Waals surface area contributed by atoms with Crippen LogP contribution < -0.4 is 4.74 Å². The van der Waals surface area contributed by atoms with Gasteiger partial charge in [-0.05, 0) is 26.0 Å². The predicted octanol–water partition coefficient (Wildman–Crippen LogP) is 2.63. The van der Waals surface area contributed by atoms with Crippen LogP contribution in [0.2, 0.25) is 0 Å². The molecule has 92 valence electrons. The lowest BCUT2D eigenvalue weighted by molar-refractivity contribution is -0.148. The number of ether oxygens (including phenoxy) is 1. The monoisotopic (exact) mass is 238 g/mol. The van der Waals surface area contributed by atoms with E-state index in [0.717, 1.165) is 0 Å². The van der Waals surface area contributed by atoms with Crippen LogP contribution in [-0.4, -0.2) is 17.2 Å². The van der Waals surface area contributed by atoms with Crippen LogP contribution in [0.25, 0.3) is 0 Å². The molecule has 1 atom stereocenters. The second kappa shape index (κ2) is 4.02. The van der Waals surface area contributed by atoms with E-state index in [4.69, 9.17) is 9.84 Å². The summed E-state index contributed by atoms with van der Waals surface area (Å²) < 4.78 is 19.0. The first-order valence-electron chi connectivity index (χ1n) is 5.57. The molecular weight excluding hydrogens is 223 g/mol. The van der Waals surface area contributed by atoms with E-state index in [-0.39, 0.29) is 11.9 Å². The number of carboxylic acid groups (broad SMARTS) is 1. The summed E-state index contributed by atoms with van der Waals surface area (Å²) in [4.78, 5) is 11.0. The molecule has 0 fully saturated rings. The van der Waals surface area contributed by atoms with Gasteiger partial charge in [0.05, 0.1) is 5.41 Å². The quantitative estimate of drug-likeness (QED) is 0.880. The first-order chi connectivity index (χ1) is 7.90. The first kappa shape index (κ1) is 11.9. The van der Waals surface area contributed by atoms with E-state index in [1.54, 1.807) is 26.0 Å². The summed E-state index contributed by atoms with van der Waals surface area (Å²) in [5.74, 6) is -0.605. The van der Waals surface area contributed by atoms with Gasteiger partial charge in [-0.2, -0.15) is 0 Å². The molecule has 1 aromatic rings. The number of hydrogen-bond acceptors (Lipinski definition) is 2. The number of carboxylic acids is 1. The molecule has 2 rings (SSSR count). The average Bonchev–Trinajstić information content (AvgIpc) is 2.60. The molecule has 0 saturated heterocycles. The minimum Gasteiger partial charge on any atom is -0.490 e. The van der Waals surface area contributed by atoms with Gasteiger partial charge < -0.3 is 9.84 Å². The predicted molar refractivity (Wildman–Crippen MR) is 60.6 cm³/mol. The molecule has 1 unspecified atom stereocenters. The summed E-state index contributed by atoms with van der Waals surface area (Å²) in [6, 6.07) is 4.71. The molecule has 1 N–H and O–H groups in total. The first-order valence-corrected chi connectivity index (χ1v) is 5.57. The van der Waals surface area contributed by atoms with Crippen LogP contribution in [0.4, 0.5) is 4.39 Å². The Labute approximate surface area is 99.2 Å². The molecule has 0 radical (unpaired) electrons. The summed E-state index contributed by atoms with van der Waals surface area (Å²) in [5.41, 5.74) is -0.304. The van der Waals surface area contributed by atoms with Crippen LogP contribution in [0.15, 0.2) is 18.2 Å². The van der Waals surface area contributed by atoms with Crippen LogP contribution in [0, 0.1) is 11.2 Å². The Balaban J connectivity index is 2.11. The van der Waals surface area contributed by atoms with E-state index >= 15 is 0 Å². The fourth-order valence-corrected chi connectivity index (χ4v) is 2.07. The fourth-order valence-electron chi connectivity index (χ4n) is 2.07. The Bertz CT molecular complexity index is 454. The van der Waals surface area contributed by atoms with Gasteiger partial charge in [0.2, 0.25) is 0 Å². The molecular formula is C13H15FO3. The van der Waals surface area contributed by atoms with Crippen molar-refractivity contribution >= 4 is 5.97 Å². The number of benzene rings is 1. The zero-order valence-electron chi connectivity index (χ0n) is 9.87. The third kappa shape index (κ3) is 2.25. The standard InChI is InChI=1S/C13H15FO3/c1-13(2,12(15)16)7-8-6-9-10(14)4-3-5-11(9)17-8/h3-5,8H,6-7H2,1-2H3,(H,15,16). The topological polar surface area (TPSA) is 46.5 Å². The zero-order valence-corrected chi connectivity index (χ0v) is 9.87. The van der Waals surface area contributed by atoms with E-state index in [1.165, 1.54) is 6.07 Å². The maximum atomic E-state index is 13.5.